The van der Waals surface area contributed by atoms with Gasteiger partial charge in [0, 0.05) is 17.2 Å². The highest BCUT2D eigenvalue weighted by atomic mass is 32.2. The molecule has 1 heterocycles. The number of carbonyl (C=O) groups is 1. The lowest BCUT2D eigenvalue weighted by Gasteiger charge is -2.32. The van der Waals surface area contributed by atoms with Crippen molar-refractivity contribution in [1.29, 1.82) is 0 Å². The third kappa shape index (κ3) is 3.58. The van der Waals surface area contributed by atoms with Gasteiger partial charge in [-0.15, -0.1) is 0 Å². The second kappa shape index (κ2) is 7.35. The predicted molar refractivity (Wildman–Crippen MR) is 108 cm³/mol. The van der Waals surface area contributed by atoms with Crippen LogP contribution in [0.4, 0.5) is 5.69 Å². The van der Waals surface area contributed by atoms with E-state index in [9.17, 15) is 13.2 Å². The van der Waals surface area contributed by atoms with E-state index in [0.717, 1.165) is 17.5 Å². The highest BCUT2D eigenvalue weighted by Crippen LogP contribution is 2.43. The van der Waals surface area contributed by atoms with Gasteiger partial charge in [0.25, 0.3) is 10.0 Å². The van der Waals surface area contributed by atoms with Crippen LogP contribution in [0.3, 0.4) is 0 Å². The molecule has 0 aromatic heterocycles. The first-order valence-electron chi connectivity index (χ1n) is 9.31. The molecule has 1 aliphatic heterocycles. The van der Waals surface area contributed by atoms with Crippen molar-refractivity contribution in [2.75, 3.05) is 10.8 Å². The van der Waals surface area contributed by atoms with E-state index in [0.29, 0.717) is 17.2 Å². The molecule has 5 nitrogen and oxygen atoms in total. The molecule has 2 aromatic rings. The van der Waals surface area contributed by atoms with Crippen molar-refractivity contribution < 1.29 is 13.2 Å². The van der Waals surface area contributed by atoms with Gasteiger partial charge < -0.3 is 5.32 Å². The Morgan fingerprint density at radius 2 is 1.78 bits per heavy atom. The van der Waals surface area contributed by atoms with Crippen LogP contribution in [0.25, 0.3) is 11.1 Å². The van der Waals surface area contributed by atoms with Gasteiger partial charge in [-0.3, -0.25) is 9.10 Å². The average molecular weight is 387 g/mol. The first-order valence-corrected chi connectivity index (χ1v) is 10.7. The maximum Gasteiger partial charge on any atom is 0.265 e. The van der Waals surface area contributed by atoms with Gasteiger partial charge in [-0.2, -0.15) is 0 Å². The molecular weight excluding hydrogens is 360 g/mol. The van der Waals surface area contributed by atoms with Gasteiger partial charge >= 0.3 is 0 Å². The van der Waals surface area contributed by atoms with Crippen molar-refractivity contribution in [1.82, 2.24) is 5.32 Å². The summed E-state index contributed by atoms with van der Waals surface area (Å²) in [6, 6.07) is 12.8. The van der Waals surface area contributed by atoms with E-state index in [1.165, 1.54) is 4.31 Å². The molecule has 0 unspecified atom stereocenters. The lowest BCUT2D eigenvalue weighted by atomic mass is 9.95. The average Bonchev–Trinajstić information content (AvgIpc) is 2.64. The highest BCUT2D eigenvalue weighted by molar-refractivity contribution is 7.93. The topological polar surface area (TPSA) is 66.5 Å². The molecule has 1 N–H and O–H groups in total. The molecule has 0 saturated carbocycles. The summed E-state index contributed by atoms with van der Waals surface area (Å²) in [7, 11) is -3.79. The molecule has 1 aliphatic rings. The van der Waals surface area contributed by atoms with Gasteiger partial charge in [0.15, 0.2) is 0 Å². The largest absolute Gasteiger partial charge is 0.352 e. The number of anilines is 1. The SMILES string of the molecule is CC[C@@H](C)NC(=O)CN1c2ccc(C(C)C)cc2-c2ccccc2S1(=O)=O. The summed E-state index contributed by atoms with van der Waals surface area (Å²) >= 11 is 0. The van der Waals surface area contributed by atoms with Crippen LogP contribution in [0.1, 0.15) is 45.6 Å². The van der Waals surface area contributed by atoms with E-state index in [1.54, 1.807) is 12.1 Å². The van der Waals surface area contributed by atoms with Crippen molar-refractivity contribution in [2.24, 2.45) is 0 Å². The van der Waals surface area contributed by atoms with Crippen LogP contribution in [-0.4, -0.2) is 26.9 Å². The van der Waals surface area contributed by atoms with Gasteiger partial charge in [0.05, 0.1) is 10.6 Å². The van der Waals surface area contributed by atoms with Crippen molar-refractivity contribution >= 4 is 21.6 Å². The summed E-state index contributed by atoms with van der Waals surface area (Å²) < 4.78 is 27.7. The first-order chi connectivity index (χ1) is 12.8. The Labute approximate surface area is 161 Å². The smallest absolute Gasteiger partial charge is 0.265 e. The van der Waals surface area contributed by atoms with Crippen molar-refractivity contribution in [3.05, 3.63) is 48.0 Å². The number of nitrogens with one attached hydrogen (secondary N) is 1. The Kier molecular flexibility index (Phi) is 5.29. The molecule has 144 valence electrons. The minimum absolute atomic E-state index is 0.0000632. The van der Waals surface area contributed by atoms with Crippen LogP contribution < -0.4 is 9.62 Å². The molecule has 6 heteroatoms. The van der Waals surface area contributed by atoms with E-state index >= 15 is 0 Å². The quantitative estimate of drug-likeness (QED) is 0.847. The summed E-state index contributed by atoms with van der Waals surface area (Å²) in [6.07, 6.45) is 0.787. The molecular formula is C21H26N2O3S. The molecule has 1 amide bonds. The second-order valence-electron chi connectivity index (χ2n) is 7.32. The lowest BCUT2D eigenvalue weighted by Crippen LogP contribution is -2.44. The number of amides is 1. The fourth-order valence-corrected chi connectivity index (χ4v) is 4.88. The summed E-state index contributed by atoms with van der Waals surface area (Å²) in [5.74, 6) is 0.0225. The van der Waals surface area contributed by atoms with Crippen LogP contribution >= 0.6 is 0 Å². The Balaban J connectivity index is 2.12. The minimum Gasteiger partial charge on any atom is -0.352 e. The maximum absolute atomic E-state index is 13.2. The zero-order valence-electron chi connectivity index (χ0n) is 16.2. The number of sulfonamides is 1. The Morgan fingerprint density at radius 3 is 2.44 bits per heavy atom. The van der Waals surface area contributed by atoms with Gasteiger partial charge in [-0.25, -0.2) is 8.42 Å². The normalized spacial score (nSPS) is 15.8. The molecule has 3 rings (SSSR count). The fraction of sp³-hybridized carbons (Fsp3) is 0.381. The number of benzene rings is 2. The van der Waals surface area contributed by atoms with Gasteiger partial charge in [0.1, 0.15) is 6.54 Å². The molecule has 0 saturated heterocycles. The molecule has 27 heavy (non-hydrogen) atoms. The number of carbonyl (C=O) groups excluding carboxylic acids is 1. The van der Waals surface area contributed by atoms with Crippen molar-refractivity contribution in [3.63, 3.8) is 0 Å². The van der Waals surface area contributed by atoms with Crippen molar-refractivity contribution in [2.45, 2.75) is 51.0 Å². The van der Waals surface area contributed by atoms with Crippen LogP contribution in [0, 0.1) is 0 Å². The Morgan fingerprint density at radius 1 is 1.07 bits per heavy atom. The first kappa shape index (κ1) is 19.4. The van der Waals surface area contributed by atoms with Crippen LogP contribution in [0.15, 0.2) is 47.4 Å². The van der Waals surface area contributed by atoms with E-state index in [4.69, 9.17) is 0 Å². The monoisotopic (exact) mass is 386 g/mol. The Bertz CT molecular complexity index is 967. The van der Waals surface area contributed by atoms with Crippen LogP contribution in [0.2, 0.25) is 0 Å². The number of nitrogens with zero attached hydrogens (tertiary/aromatic N) is 1. The molecule has 0 fully saturated rings. The van der Waals surface area contributed by atoms with Crippen molar-refractivity contribution in [3.8, 4) is 11.1 Å². The third-order valence-corrected chi connectivity index (χ3v) is 6.83. The minimum atomic E-state index is -3.79. The molecule has 0 bridgehead atoms. The van der Waals surface area contributed by atoms with Gasteiger partial charge in [0.2, 0.25) is 5.91 Å². The van der Waals surface area contributed by atoms with E-state index in [-0.39, 0.29) is 23.4 Å². The third-order valence-electron chi connectivity index (χ3n) is 5.01. The number of hydrogen-bond acceptors (Lipinski definition) is 3. The summed E-state index contributed by atoms with van der Waals surface area (Å²) in [6.45, 7) is 7.85. The second-order valence-corrected chi connectivity index (χ2v) is 9.15. The van der Waals surface area contributed by atoms with E-state index in [2.05, 4.69) is 19.2 Å². The molecule has 1 atom stereocenters. The highest BCUT2D eigenvalue weighted by Gasteiger charge is 2.36. The molecule has 0 radical (unpaired) electrons. The van der Waals surface area contributed by atoms with Gasteiger partial charge in [-0.05, 0) is 43.0 Å². The number of hydrogen-bond donors (Lipinski definition) is 1. The summed E-state index contributed by atoms with van der Waals surface area (Å²) in [5.41, 5.74) is 3.22. The predicted octanol–water partition coefficient (Wildman–Crippen LogP) is 3.90. The fourth-order valence-electron chi connectivity index (χ4n) is 3.23. The zero-order chi connectivity index (χ0) is 19.8. The van der Waals surface area contributed by atoms with Crippen LogP contribution in [-0.2, 0) is 14.8 Å². The van der Waals surface area contributed by atoms with E-state index < -0.39 is 10.0 Å². The maximum atomic E-state index is 13.2. The van der Waals surface area contributed by atoms with E-state index in [1.807, 2.05) is 44.2 Å². The standard InChI is InChI=1S/C21H26N2O3S/c1-5-15(4)22-21(24)13-23-19-11-10-16(14(2)3)12-18(19)17-8-6-7-9-20(17)27(23,25)26/h6-12,14-15H,5,13H2,1-4H3,(H,22,24)/t15-/m1/s1. The van der Waals surface area contributed by atoms with Gasteiger partial charge in [-0.1, -0.05) is 45.0 Å². The number of fused-ring (bicyclic) bond motifs is 3. The lowest BCUT2D eigenvalue weighted by molar-refractivity contribution is -0.120. The summed E-state index contributed by atoms with van der Waals surface area (Å²) in [4.78, 5) is 12.7. The zero-order valence-corrected chi connectivity index (χ0v) is 17.0. The molecule has 2 aromatic carbocycles. The molecule has 0 spiro atoms. The summed E-state index contributed by atoms with van der Waals surface area (Å²) in [5, 5.41) is 2.85. The molecule has 0 aliphatic carbocycles. The Hall–Kier alpha value is -2.34. The van der Waals surface area contributed by atoms with Crippen LogP contribution in [0.5, 0.6) is 0 Å². The number of rotatable bonds is 5.